The maximum Gasteiger partial charge on any atom is 0.125 e. The van der Waals surface area contributed by atoms with Crippen molar-refractivity contribution in [3.63, 3.8) is 0 Å². The third kappa shape index (κ3) is 2.20. The van der Waals surface area contributed by atoms with Crippen LogP contribution in [0.3, 0.4) is 0 Å². The summed E-state index contributed by atoms with van der Waals surface area (Å²) in [6.45, 7) is 5.88. The van der Waals surface area contributed by atoms with Crippen molar-refractivity contribution in [3.8, 4) is 17.2 Å². The molecular formula is C18H20O4. The van der Waals surface area contributed by atoms with Gasteiger partial charge in [0.2, 0.25) is 0 Å². The highest BCUT2D eigenvalue weighted by molar-refractivity contribution is 5.57. The van der Waals surface area contributed by atoms with Gasteiger partial charge in [-0.2, -0.15) is 0 Å². The molecule has 3 atom stereocenters. The Morgan fingerprint density at radius 2 is 1.55 bits per heavy atom. The summed E-state index contributed by atoms with van der Waals surface area (Å²) in [5.41, 5.74) is 3.28. The number of fused-ring (bicyclic) bond motifs is 1. The molecule has 116 valence electrons. The third-order valence-corrected chi connectivity index (χ3v) is 4.60. The summed E-state index contributed by atoms with van der Waals surface area (Å²) in [5, 5.41) is 29.8. The van der Waals surface area contributed by atoms with Crippen molar-refractivity contribution < 1.29 is 20.1 Å². The summed E-state index contributed by atoms with van der Waals surface area (Å²) in [4.78, 5) is 0. The summed E-state index contributed by atoms with van der Waals surface area (Å²) in [7, 11) is 0. The van der Waals surface area contributed by atoms with Crippen LogP contribution < -0.4 is 0 Å². The first-order valence-corrected chi connectivity index (χ1v) is 7.40. The minimum absolute atomic E-state index is 0.0370. The van der Waals surface area contributed by atoms with Gasteiger partial charge in [-0.15, -0.1) is 0 Å². The fourth-order valence-electron chi connectivity index (χ4n) is 3.19. The highest BCUT2D eigenvalue weighted by Gasteiger charge is 2.35. The molecule has 0 saturated heterocycles. The summed E-state index contributed by atoms with van der Waals surface area (Å²) in [5.74, 6) is 0.394. The third-order valence-electron chi connectivity index (χ3n) is 4.60. The van der Waals surface area contributed by atoms with Gasteiger partial charge in [0.15, 0.2) is 0 Å². The Balaban J connectivity index is 2.22. The zero-order chi connectivity index (χ0) is 16.0. The van der Waals surface area contributed by atoms with Gasteiger partial charge in [0.05, 0.1) is 6.10 Å². The highest BCUT2D eigenvalue weighted by atomic mass is 16.5. The molecule has 0 saturated carbocycles. The van der Waals surface area contributed by atoms with E-state index in [9.17, 15) is 15.3 Å². The van der Waals surface area contributed by atoms with E-state index in [4.69, 9.17) is 4.74 Å². The first kappa shape index (κ1) is 14.7. The molecule has 2 aromatic carbocycles. The van der Waals surface area contributed by atoms with Crippen LogP contribution in [0.2, 0.25) is 0 Å². The van der Waals surface area contributed by atoms with Gasteiger partial charge in [-0.05, 0) is 42.7 Å². The summed E-state index contributed by atoms with van der Waals surface area (Å²) in [6, 6.07) is 8.15. The second kappa shape index (κ2) is 5.21. The molecule has 4 heteroatoms. The normalized spacial score (nSPS) is 24.0. The Bertz CT molecular complexity index is 706. The van der Waals surface area contributed by atoms with E-state index < -0.39 is 6.10 Å². The number of phenolic OH excluding ortho intramolecular Hbond substituents is 3. The predicted octanol–water partition coefficient (Wildman–Crippen LogP) is 3.72. The molecule has 3 rings (SSSR count). The predicted molar refractivity (Wildman–Crippen MR) is 83.4 cm³/mol. The number of ether oxygens (including phenoxy) is 1. The number of aromatic hydroxyl groups is 3. The van der Waals surface area contributed by atoms with Gasteiger partial charge >= 0.3 is 0 Å². The van der Waals surface area contributed by atoms with Gasteiger partial charge in [0.25, 0.3) is 0 Å². The fraction of sp³-hybridized carbons (Fsp3) is 0.333. The monoisotopic (exact) mass is 300 g/mol. The van der Waals surface area contributed by atoms with Gasteiger partial charge in [0, 0.05) is 17.5 Å². The summed E-state index contributed by atoms with van der Waals surface area (Å²) in [6.07, 6.45) is -0.465. The van der Waals surface area contributed by atoms with Gasteiger partial charge in [-0.25, -0.2) is 0 Å². The van der Waals surface area contributed by atoms with E-state index in [1.54, 1.807) is 24.3 Å². The second-order valence-corrected chi connectivity index (χ2v) is 5.97. The lowest BCUT2D eigenvalue weighted by Gasteiger charge is -2.37. The van der Waals surface area contributed by atoms with E-state index >= 15 is 0 Å². The van der Waals surface area contributed by atoms with Gasteiger partial charge in [-0.1, -0.05) is 19.1 Å². The number of hydrogen-bond acceptors (Lipinski definition) is 4. The largest absolute Gasteiger partial charge is 0.508 e. The van der Waals surface area contributed by atoms with Gasteiger partial charge in [0.1, 0.15) is 23.4 Å². The molecule has 22 heavy (non-hydrogen) atoms. The first-order valence-electron chi connectivity index (χ1n) is 7.40. The molecule has 1 aliphatic heterocycles. The average molecular weight is 300 g/mol. The Kier molecular flexibility index (Phi) is 3.49. The molecule has 3 N–H and O–H groups in total. The van der Waals surface area contributed by atoms with E-state index in [1.807, 2.05) is 20.8 Å². The molecule has 0 fully saturated rings. The Hall–Kier alpha value is -2.20. The van der Waals surface area contributed by atoms with Crippen molar-refractivity contribution in [1.29, 1.82) is 0 Å². The standard InChI is InChI=1S/C18H20O4/c1-9-11(3)22-18(12-4-6-13(19)7-5-12)17-15(21)8-14(20)10(2)16(9)17/h4-9,11,18-21H,1-3H3/t9-,11-,18+/m1/s1. The van der Waals surface area contributed by atoms with Crippen molar-refractivity contribution >= 4 is 0 Å². The second-order valence-electron chi connectivity index (χ2n) is 5.97. The zero-order valence-corrected chi connectivity index (χ0v) is 12.9. The molecule has 0 aliphatic carbocycles. The molecule has 1 heterocycles. The van der Waals surface area contributed by atoms with Gasteiger partial charge < -0.3 is 20.1 Å². The minimum atomic E-state index is -0.416. The van der Waals surface area contributed by atoms with Crippen LogP contribution in [0.5, 0.6) is 17.2 Å². The van der Waals surface area contributed by atoms with Crippen LogP contribution in [0, 0.1) is 6.92 Å². The van der Waals surface area contributed by atoms with Crippen LogP contribution in [0.15, 0.2) is 30.3 Å². The lowest BCUT2D eigenvalue weighted by atomic mass is 9.81. The van der Waals surface area contributed by atoms with E-state index in [-0.39, 0.29) is 29.3 Å². The fourth-order valence-corrected chi connectivity index (χ4v) is 3.19. The molecule has 0 amide bonds. The number of hydrogen-bond donors (Lipinski definition) is 3. The van der Waals surface area contributed by atoms with Crippen molar-refractivity contribution in [1.82, 2.24) is 0 Å². The van der Waals surface area contributed by atoms with Crippen molar-refractivity contribution in [3.05, 3.63) is 52.6 Å². The molecule has 4 nitrogen and oxygen atoms in total. The first-order chi connectivity index (χ1) is 10.4. The van der Waals surface area contributed by atoms with Crippen LogP contribution >= 0.6 is 0 Å². The van der Waals surface area contributed by atoms with Crippen molar-refractivity contribution in [2.24, 2.45) is 0 Å². The molecule has 2 aromatic rings. The van der Waals surface area contributed by atoms with E-state index in [2.05, 4.69) is 0 Å². The van der Waals surface area contributed by atoms with Crippen LogP contribution in [-0.4, -0.2) is 21.4 Å². The molecule has 0 spiro atoms. The van der Waals surface area contributed by atoms with Crippen molar-refractivity contribution in [2.45, 2.75) is 38.9 Å². The topological polar surface area (TPSA) is 69.9 Å². The van der Waals surface area contributed by atoms with Crippen LogP contribution in [-0.2, 0) is 4.74 Å². The quantitative estimate of drug-likeness (QED) is 0.750. The summed E-state index contributed by atoms with van der Waals surface area (Å²) >= 11 is 0. The molecule has 0 bridgehead atoms. The lowest BCUT2D eigenvalue weighted by Crippen LogP contribution is -2.28. The highest BCUT2D eigenvalue weighted by Crippen LogP contribution is 2.48. The van der Waals surface area contributed by atoms with Crippen LogP contribution in [0.1, 0.15) is 48.1 Å². The number of benzene rings is 2. The van der Waals surface area contributed by atoms with E-state index in [1.165, 1.54) is 6.07 Å². The Morgan fingerprint density at radius 3 is 2.18 bits per heavy atom. The van der Waals surface area contributed by atoms with Gasteiger partial charge in [-0.3, -0.25) is 0 Å². The maximum absolute atomic E-state index is 10.4. The Labute approximate surface area is 129 Å². The summed E-state index contributed by atoms with van der Waals surface area (Å²) < 4.78 is 6.10. The van der Waals surface area contributed by atoms with Crippen LogP contribution in [0.4, 0.5) is 0 Å². The molecular weight excluding hydrogens is 280 g/mol. The molecule has 0 aromatic heterocycles. The molecule has 0 unspecified atom stereocenters. The average Bonchev–Trinajstić information content (AvgIpc) is 2.48. The zero-order valence-electron chi connectivity index (χ0n) is 12.9. The number of rotatable bonds is 1. The smallest absolute Gasteiger partial charge is 0.125 e. The minimum Gasteiger partial charge on any atom is -0.508 e. The molecule has 1 aliphatic rings. The maximum atomic E-state index is 10.4. The van der Waals surface area contributed by atoms with Crippen molar-refractivity contribution in [2.75, 3.05) is 0 Å². The SMILES string of the molecule is Cc1c(O)cc(O)c2c1[C@H](C)[C@@H](C)O[C@H]2c1ccc(O)cc1. The number of phenols is 3. The Morgan fingerprint density at radius 1 is 0.909 bits per heavy atom. The van der Waals surface area contributed by atoms with E-state index in [0.29, 0.717) is 5.56 Å². The van der Waals surface area contributed by atoms with E-state index in [0.717, 1.165) is 16.7 Å². The lowest BCUT2D eigenvalue weighted by molar-refractivity contribution is -0.00916. The molecule has 0 radical (unpaired) electrons. The van der Waals surface area contributed by atoms with Crippen LogP contribution in [0.25, 0.3) is 0 Å².